The maximum Gasteiger partial charge on any atom is 0.0256 e. The van der Waals surface area contributed by atoms with Crippen LogP contribution < -0.4 is 5.32 Å². The molecule has 0 aliphatic heterocycles. The predicted molar refractivity (Wildman–Crippen MR) is 63.1 cm³/mol. The van der Waals surface area contributed by atoms with Crippen molar-refractivity contribution in [3.63, 3.8) is 0 Å². The van der Waals surface area contributed by atoms with Gasteiger partial charge in [-0.2, -0.15) is 0 Å². The molecule has 0 fully saturated rings. The Hall–Kier alpha value is -0.600. The molecule has 1 unspecified atom stereocenters. The van der Waals surface area contributed by atoms with Gasteiger partial charge in [0.15, 0.2) is 0 Å². The Morgan fingerprint density at radius 1 is 1.29 bits per heavy atom. The average molecular weight is 252 g/mol. The second-order valence-corrected chi connectivity index (χ2v) is 4.54. The molecule has 1 nitrogen and oxygen atoms in total. The first-order valence-electron chi connectivity index (χ1n) is 4.99. The highest BCUT2D eigenvalue weighted by molar-refractivity contribution is 9.10. The second-order valence-electron chi connectivity index (χ2n) is 3.62. The molecule has 0 aromatic heterocycles. The molecular formula is C12H14BrN. The lowest BCUT2D eigenvalue weighted by Crippen LogP contribution is -2.24. The van der Waals surface area contributed by atoms with E-state index in [-0.39, 0.29) is 0 Å². The van der Waals surface area contributed by atoms with Crippen LogP contribution in [0.1, 0.15) is 18.4 Å². The first-order chi connectivity index (χ1) is 6.84. The van der Waals surface area contributed by atoms with Crippen LogP contribution in [0.4, 0.5) is 0 Å². The first kappa shape index (κ1) is 9.94. The fourth-order valence-corrected chi connectivity index (χ4v) is 1.92. The van der Waals surface area contributed by atoms with Gasteiger partial charge in [0.25, 0.3) is 0 Å². The molecule has 14 heavy (non-hydrogen) atoms. The van der Waals surface area contributed by atoms with Crippen LogP contribution in [0, 0.1) is 0 Å². The first-order valence-corrected chi connectivity index (χ1v) is 5.78. The Labute approximate surface area is 93.3 Å². The maximum atomic E-state index is 3.52. The van der Waals surface area contributed by atoms with Crippen molar-refractivity contribution in [2.24, 2.45) is 0 Å². The Kier molecular flexibility index (Phi) is 3.38. The highest BCUT2D eigenvalue weighted by Gasteiger charge is 2.07. The summed E-state index contributed by atoms with van der Waals surface area (Å²) in [5, 5.41) is 3.52. The van der Waals surface area contributed by atoms with Crippen molar-refractivity contribution in [1.29, 1.82) is 0 Å². The molecule has 1 N–H and O–H groups in total. The van der Waals surface area contributed by atoms with E-state index in [0.29, 0.717) is 6.04 Å². The summed E-state index contributed by atoms with van der Waals surface area (Å²) in [4.78, 5) is 0. The number of allylic oxidation sites excluding steroid dienone is 1. The van der Waals surface area contributed by atoms with Gasteiger partial charge in [-0.1, -0.05) is 40.2 Å². The molecule has 1 aliphatic rings. The van der Waals surface area contributed by atoms with Crippen LogP contribution in [0.15, 0.2) is 40.9 Å². The average Bonchev–Trinajstić information content (AvgIpc) is 2.70. The minimum absolute atomic E-state index is 0.582. The number of nitrogens with one attached hydrogen (secondary N) is 1. The van der Waals surface area contributed by atoms with Crippen molar-refractivity contribution < 1.29 is 0 Å². The fourth-order valence-electron chi connectivity index (χ4n) is 1.65. The zero-order chi connectivity index (χ0) is 9.80. The van der Waals surface area contributed by atoms with E-state index in [1.165, 1.54) is 18.4 Å². The Morgan fingerprint density at radius 2 is 2.07 bits per heavy atom. The van der Waals surface area contributed by atoms with Crippen molar-refractivity contribution in [1.82, 2.24) is 5.32 Å². The summed E-state index contributed by atoms with van der Waals surface area (Å²) >= 11 is 3.43. The Morgan fingerprint density at radius 3 is 2.71 bits per heavy atom. The molecule has 1 aromatic carbocycles. The Balaban J connectivity index is 1.85. The van der Waals surface area contributed by atoms with E-state index < -0.39 is 0 Å². The van der Waals surface area contributed by atoms with E-state index in [0.717, 1.165) is 11.0 Å². The molecule has 0 radical (unpaired) electrons. The van der Waals surface area contributed by atoms with Gasteiger partial charge in [-0.3, -0.25) is 0 Å². The van der Waals surface area contributed by atoms with Crippen LogP contribution in [0.3, 0.4) is 0 Å². The van der Waals surface area contributed by atoms with Gasteiger partial charge in [0.05, 0.1) is 0 Å². The normalized spacial score (nSPS) is 20.2. The number of halogens is 1. The Bertz CT molecular complexity index is 316. The largest absolute Gasteiger partial charge is 0.306 e. The molecule has 1 aromatic rings. The third-order valence-electron chi connectivity index (χ3n) is 2.49. The lowest BCUT2D eigenvalue weighted by atomic mass is 10.2. The number of rotatable bonds is 3. The van der Waals surface area contributed by atoms with Crippen LogP contribution in [-0.2, 0) is 6.54 Å². The summed E-state index contributed by atoms with van der Waals surface area (Å²) < 4.78 is 1.14. The molecular weight excluding hydrogens is 238 g/mol. The summed E-state index contributed by atoms with van der Waals surface area (Å²) in [6, 6.07) is 9.05. The van der Waals surface area contributed by atoms with Crippen molar-refractivity contribution in [3.8, 4) is 0 Å². The van der Waals surface area contributed by atoms with E-state index in [1.54, 1.807) is 0 Å². The lowest BCUT2D eigenvalue weighted by Gasteiger charge is -2.10. The van der Waals surface area contributed by atoms with Gasteiger partial charge in [0.2, 0.25) is 0 Å². The summed E-state index contributed by atoms with van der Waals surface area (Å²) in [6.45, 7) is 0.961. The minimum atomic E-state index is 0.582. The smallest absolute Gasteiger partial charge is 0.0256 e. The topological polar surface area (TPSA) is 12.0 Å². The molecule has 2 rings (SSSR count). The van der Waals surface area contributed by atoms with Crippen LogP contribution in [0.2, 0.25) is 0 Å². The molecule has 1 aliphatic carbocycles. The molecule has 0 saturated heterocycles. The molecule has 1 atom stereocenters. The third kappa shape index (κ3) is 2.69. The zero-order valence-electron chi connectivity index (χ0n) is 8.04. The van der Waals surface area contributed by atoms with Crippen molar-refractivity contribution in [3.05, 3.63) is 46.5 Å². The van der Waals surface area contributed by atoms with Gasteiger partial charge in [-0.25, -0.2) is 0 Å². The third-order valence-corrected chi connectivity index (χ3v) is 3.02. The van der Waals surface area contributed by atoms with Gasteiger partial charge in [-0.05, 0) is 30.5 Å². The zero-order valence-corrected chi connectivity index (χ0v) is 9.63. The van der Waals surface area contributed by atoms with Gasteiger partial charge < -0.3 is 5.32 Å². The van der Waals surface area contributed by atoms with Crippen molar-refractivity contribution in [2.45, 2.75) is 25.4 Å². The molecule has 2 heteroatoms. The van der Waals surface area contributed by atoms with E-state index in [1.807, 2.05) is 0 Å². The highest BCUT2D eigenvalue weighted by Crippen LogP contribution is 2.12. The van der Waals surface area contributed by atoms with E-state index >= 15 is 0 Å². The van der Waals surface area contributed by atoms with Gasteiger partial charge in [0, 0.05) is 17.1 Å². The number of hydrogen-bond donors (Lipinski definition) is 1. The van der Waals surface area contributed by atoms with Crippen LogP contribution in [0.5, 0.6) is 0 Å². The lowest BCUT2D eigenvalue weighted by molar-refractivity contribution is 0.582. The molecule has 0 spiro atoms. The standard InChI is InChI=1S/C12H14BrN/c13-11-7-5-10(6-8-11)9-14-12-3-1-2-4-12/h1,3,5-8,12,14H,2,4,9H2. The van der Waals surface area contributed by atoms with E-state index in [2.05, 4.69) is 57.7 Å². The van der Waals surface area contributed by atoms with Crippen molar-refractivity contribution in [2.75, 3.05) is 0 Å². The maximum absolute atomic E-state index is 3.52. The highest BCUT2D eigenvalue weighted by atomic mass is 79.9. The number of benzene rings is 1. The van der Waals surface area contributed by atoms with Crippen LogP contribution in [-0.4, -0.2) is 6.04 Å². The molecule has 0 amide bonds. The quantitative estimate of drug-likeness (QED) is 0.814. The second kappa shape index (κ2) is 4.76. The van der Waals surface area contributed by atoms with Gasteiger partial charge in [0.1, 0.15) is 0 Å². The molecule has 0 bridgehead atoms. The molecule has 0 saturated carbocycles. The SMILES string of the molecule is Brc1ccc(CNC2C=CCC2)cc1. The van der Waals surface area contributed by atoms with Gasteiger partial charge in [-0.15, -0.1) is 0 Å². The molecule has 74 valence electrons. The summed E-state index contributed by atoms with van der Waals surface area (Å²) in [5.41, 5.74) is 1.34. The minimum Gasteiger partial charge on any atom is -0.306 e. The van der Waals surface area contributed by atoms with Gasteiger partial charge >= 0.3 is 0 Å². The fraction of sp³-hybridized carbons (Fsp3) is 0.333. The van der Waals surface area contributed by atoms with Crippen LogP contribution >= 0.6 is 15.9 Å². The summed E-state index contributed by atoms with van der Waals surface area (Å²) in [6.07, 6.45) is 6.98. The number of hydrogen-bond acceptors (Lipinski definition) is 1. The summed E-state index contributed by atoms with van der Waals surface area (Å²) in [5.74, 6) is 0. The van der Waals surface area contributed by atoms with E-state index in [9.17, 15) is 0 Å². The predicted octanol–water partition coefficient (Wildman–Crippen LogP) is 3.26. The van der Waals surface area contributed by atoms with Crippen molar-refractivity contribution >= 4 is 15.9 Å². The van der Waals surface area contributed by atoms with E-state index in [4.69, 9.17) is 0 Å². The monoisotopic (exact) mass is 251 g/mol. The van der Waals surface area contributed by atoms with Crippen LogP contribution in [0.25, 0.3) is 0 Å². The molecule has 0 heterocycles. The summed E-state index contributed by atoms with van der Waals surface area (Å²) in [7, 11) is 0.